The Labute approximate surface area is 126 Å². The lowest BCUT2D eigenvalue weighted by atomic mass is 10.0. The molecule has 0 radical (unpaired) electrons. The van der Waals surface area contributed by atoms with E-state index in [1.54, 1.807) is 6.20 Å². The number of hydrogen-bond donors (Lipinski definition) is 2. The number of carbonyl (C=O) groups is 1. The third-order valence-electron chi connectivity index (χ3n) is 4.07. The van der Waals surface area contributed by atoms with Crippen molar-refractivity contribution in [2.75, 3.05) is 31.5 Å². The Kier molecular flexibility index (Phi) is 6.20. The number of nitrogens with one attached hydrogen (secondary N) is 2. The molecule has 21 heavy (non-hydrogen) atoms. The highest BCUT2D eigenvalue weighted by atomic mass is 16.2. The van der Waals surface area contributed by atoms with Gasteiger partial charge in [-0.05, 0) is 32.5 Å². The number of aromatic nitrogens is 2. The maximum Gasteiger partial charge on any atom is 0.241 e. The zero-order valence-corrected chi connectivity index (χ0v) is 13.1. The van der Waals surface area contributed by atoms with Crippen molar-refractivity contribution in [2.24, 2.45) is 0 Å². The maximum atomic E-state index is 12.1. The quantitative estimate of drug-likeness (QED) is 0.795. The molecule has 1 unspecified atom stereocenters. The molecular formula is C15H27N5O. The van der Waals surface area contributed by atoms with Crippen molar-refractivity contribution in [2.45, 2.75) is 45.7 Å². The SMILES string of the molecule is CCN(CC)CCn1cc(NC(=O)C2CCCCN2)cn1. The molecule has 2 heterocycles. The van der Waals surface area contributed by atoms with Crippen LogP contribution >= 0.6 is 0 Å². The van der Waals surface area contributed by atoms with Gasteiger partial charge in [0.15, 0.2) is 0 Å². The lowest BCUT2D eigenvalue weighted by Gasteiger charge is -2.22. The Morgan fingerprint density at radius 2 is 2.29 bits per heavy atom. The number of likely N-dealkylation sites (N-methyl/N-ethyl adjacent to an activating group) is 1. The van der Waals surface area contributed by atoms with E-state index in [4.69, 9.17) is 0 Å². The molecule has 0 spiro atoms. The summed E-state index contributed by atoms with van der Waals surface area (Å²) in [6.45, 7) is 9.18. The summed E-state index contributed by atoms with van der Waals surface area (Å²) in [6.07, 6.45) is 6.83. The molecule has 0 aliphatic carbocycles. The highest BCUT2D eigenvalue weighted by molar-refractivity contribution is 5.94. The summed E-state index contributed by atoms with van der Waals surface area (Å²) >= 11 is 0. The molecule has 0 saturated carbocycles. The first-order valence-corrected chi connectivity index (χ1v) is 8.02. The van der Waals surface area contributed by atoms with E-state index in [0.717, 1.165) is 57.7 Å². The number of rotatable bonds is 7. The number of anilines is 1. The molecule has 1 aliphatic rings. The van der Waals surface area contributed by atoms with E-state index in [1.165, 1.54) is 0 Å². The maximum absolute atomic E-state index is 12.1. The third kappa shape index (κ3) is 4.82. The minimum Gasteiger partial charge on any atom is -0.322 e. The van der Waals surface area contributed by atoms with Crippen LogP contribution in [0.15, 0.2) is 12.4 Å². The molecule has 1 fully saturated rings. The molecule has 6 heteroatoms. The fourth-order valence-corrected chi connectivity index (χ4v) is 2.64. The van der Waals surface area contributed by atoms with Crippen LogP contribution in [0.2, 0.25) is 0 Å². The summed E-state index contributed by atoms with van der Waals surface area (Å²) in [6, 6.07) is -0.0576. The van der Waals surface area contributed by atoms with Gasteiger partial charge in [-0.1, -0.05) is 20.3 Å². The monoisotopic (exact) mass is 293 g/mol. The van der Waals surface area contributed by atoms with E-state index in [2.05, 4.69) is 34.5 Å². The van der Waals surface area contributed by atoms with E-state index in [1.807, 2.05) is 10.9 Å². The number of amides is 1. The average molecular weight is 293 g/mol. The molecule has 2 N–H and O–H groups in total. The van der Waals surface area contributed by atoms with Crippen molar-refractivity contribution in [3.05, 3.63) is 12.4 Å². The predicted molar refractivity (Wildman–Crippen MR) is 84.3 cm³/mol. The van der Waals surface area contributed by atoms with E-state index >= 15 is 0 Å². The fraction of sp³-hybridized carbons (Fsp3) is 0.733. The molecule has 1 amide bonds. The second-order valence-electron chi connectivity index (χ2n) is 5.51. The van der Waals surface area contributed by atoms with Crippen molar-refractivity contribution >= 4 is 11.6 Å². The lowest BCUT2D eigenvalue weighted by Crippen LogP contribution is -2.43. The van der Waals surface area contributed by atoms with E-state index in [9.17, 15) is 4.79 Å². The van der Waals surface area contributed by atoms with Gasteiger partial charge in [-0.15, -0.1) is 0 Å². The van der Waals surface area contributed by atoms with Gasteiger partial charge in [0.25, 0.3) is 0 Å². The van der Waals surface area contributed by atoms with Crippen LogP contribution in [0, 0.1) is 0 Å². The van der Waals surface area contributed by atoms with E-state index in [-0.39, 0.29) is 11.9 Å². The number of piperidine rings is 1. The first kappa shape index (κ1) is 16.0. The predicted octanol–water partition coefficient (Wildman–Crippen LogP) is 1.31. The summed E-state index contributed by atoms with van der Waals surface area (Å²) in [4.78, 5) is 14.5. The fourth-order valence-electron chi connectivity index (χ4n) is 2.64. The van der Waals surface area contributed by atoms with Crippen LogP contribution in [0.4, 0.5) is 5.69 Å². The molecule has 1 aliphatic heterocycles. The van der Waals surface area contributed by atoms with E-state index in [0.29, 0.717) is 0 Å². The summed E-state index contributed by atoms with van der Waals surface area (Å²) in [5.41, 5.74) is 0.784. The molecule has 2 rings (SSSR count). The summed E-state index contributed by atoms with van der Waals surface area (Å²) in [5, 5.41) is 10.5. The minimum atomic E-state index is -0.0576. The largest absolute Gasteiger partial charge is 0.322 e. The Balaban J connectivity index is 1.80. The number of carbonyl (C=O) groups excluding carboxylic acids is 1. The molecule has 1 saturated heterocycles. The first-order valence-electron chi connectivity index (χ1n) is 8.02. The van der Waals surface area contributed by atoms with Gasteiger partial charge in [0.2, 0.25) is 5.91 Å². The molecule has 118 valence electrons. The molecule has 1 atom stereocenters. The van der Waals surface area contributed by atoms with Crippen LogP contribution in [0.5, 0.6) is 0 Å². The minimum absolute atomic E-state index is 0.0537. The summed E-state index contributed by atoms with van der Waals surface area (Å²) in [7, 11) is 0. The summed E-state index contributed by atoms with van der Waals surface area (Å²) < 4.78 is 1.89. The average Bonchev–Trinajstić information content (AvgIpc) is 2.96. The van der Waals surface area contributed by atoms with Crippen molar-refractivity contribution in [1.29, 1.82) is 0 Å². The Bertz CT molecular complexity index is 435. The van der Waals surface area contributed by atoms with Gasteiger partial charge < -0.3 is 15.5 Å². The smallest absolute Gasteiger partial charge is 0.241 e. The third-order valence-corrected chi connectivity index (χ3v) is 4.07. The zero-order valence-electron chi connectivity index (χ0n) is 13.1. The molecule has 1 aromatic rings. The highest BCUT2D eigenvalue weighted by Gasteiger charge is 2.20. The van der Waals surface area contributed by atoms with Crippen LogP contribution in [0.25, 0.3) is 0 Å². The summed E-state index contributed by atoms with van der Waals surface area (Å²) in [5.74, 6) is 0.0537. The van der Waals surface area contributed by atoms with Crippen LogP contribution in [0.1, 0.15) is 33.1 Å². The molecule has 0 bridgehead atoms. The van der Waals surface area contributed by atoms with Crippen molar-refractivity contribution in [1.82, 2.24) is 20.0 Å². The van der Waals surface area contributed by atoms with Crippen molar-refractivity contribution in [3.63, 3.8) is 0 Å². The van der Waals surface area contributed by atoms with Crippen LogP contribution < -0.4 is 10.6 Å². The van der Waals surface area contributed by atoms with E-state index < -0.39 is 0 Å². The van der Waals surface area contributed by atoms with Crippen LogP contribution in [-0.4, -0.2) is 52.8 Å². The normalized spacial score (nSPS) is 18.9. The Morgan fingerprint density at radius 3 is 2.95 bits per heavy atom. The van der Waals surface area contributed by atoms with Gasteiger partial charge >= 0.3 is 0 Å². The lowest BCUT2D eigenvalue weighted by molar-refractivity contribution is -0.118. The van der Waals surface area contributed by atoms with Gasteiger partial charge in [0, 0.05) is 12.7 Å². The molecular weight excluding hydrogens is 266 g/mol. The molecule has 1 aromatic heterocycles. The van der Waals surface area contributed by atoms with Gasteiger partial charge in [-0.2, -0.15) is 5.10 Å². The molecule has 6 nitrogen and oxygen atoms in total. The topological polar surface area (TPSA) is 62.2 Å². The van der Waals surface area contributed by atoms with Gasteiger partial charge in [-0.3, -0.25) is 9.48 Å². The second kappa shape index (κ2) is 8.14. The second-order valence-corrected chi connectivity index (χ2v) is 5.51. The van der Waals surface area contributed by atoms with Crippen LogP contribution in [-0.2, 0) is 11.3 Å². The van der Waals surface area contributed by atoms with Crippen molar-refractivity contribution < 1.29 is 4.79 Å². The van der Waals surface area contributed by atoms with Gasteiger partial charge in [0.1, 0.15) is 0 Å². The van der Waals surface area contributed by atoms with Crippen LogP contribution in [0.3, 0.4) is 0 Å². The van der Waals surface area contributed by atoms with Gasteiger partial charge in [0.05, 0.1) is 24.5 Å². The highest BCUT2D eigenvalue weighted by Crippen LogP contribution is 2.11. The molecule has 0 aromatic carbocycles. The number of nitrogens with zero attached hydrogens (tertiary/aromatic N) is 3. The Hall–Kier alpha value is -1.40. The first-order chi connectivity index (χ1) is 10.2. The Morgan fingerprint density at radius 1 is 1.48 bits per heavy atom. The van der Waals surface area contributed by atoms with Gasteiger partial charge in [-0.25, -0.2) is 0 Å². The van der Waals surface area contributed by atoms with Crippen molar-refractivity contribution in [3.8, 4) is 0 Å². The number of hydrogen-bond acceptors (Lipinski definition) is 4. The zero-order chi connectivity index (χ0) is 15.1. The standard InChI is InChI=1S/C15H27N5O/c1-3-19(4-2)9-10-20-12-13(11-17-20)18-15(21)14-7-5-6-8-16-14/h11-12,14,16H,3-10H2,1-2H3,(H,18,21).